The Balaban J connectivity index is 5.60. The van der Waals surface area contributed by atoms with Gasteiger partial charge in [0.15, 0.2) is 8.32 Å². The minimum atomic E-state index is -2.11. The summed E-state index contributed by atoms with van der Waals surface area (Å²) in [5.74, 6) is -0.535. The van der Waals surface area contributed by atoms with E-state index >= 15 is 0 Å². The zero-order chi connectivity index (χ0) is 22.5. The molecule has 0 saturated heterocycles. The molecule has 0 fully saturated rings. The lowest BCUT2D eigenvalue weighted by Crippen LogP contribution is -2.51. The van der Waals surface area contributed by atoms with Gasteiger partial charge >= 0.3 is 5.97 Å². The summed E-state index contributed by atoms with van der Waals surface area (Å²) < 4.78 is 17.6. The quantitative estimate of drug-likeness (QED) is 0.315. The fourth-order valence-electron chi connectivity index (χ4n) is 2.65. The van der Waals surface area contributed by atoms with E-state index < -0.39 is 25.9 Å². The van der Waals surface area contributed by atoms with Gasteiger partial charge in [0.05, 0.1) is 24.2 Å². The second kappa shape index (κ2) is 10.4. The molecule has 6 heteroatoms. The van der Waals surface area contributed by atoms with Crippen molar-refractivity contribution in [1.82, 2.24) is 0 Å². The van der Waals surface area contributed by atoms with E-state index in [1.807, 2.05) is 34.6 Å². The molecule has 5 nitrogen and oxygen atoms in total. The molecule has 0 aromatic rings. The number of ether oxygens (including phenoxy) is 2. The summed E-state index contributed by atoms with van der Waals surface area (Å²) >= 11 is 0. The minimum absolute atomic E-state index is 0.0246. The summed E-state index contributed by atoms with van der Waals surface area (Å²) in [7, 11) is -0.550. The van der Waals surface area contributed by atoms with Crippen molar-refractivity contribution >= 4 is 14.3 Å². The highest BCUT2D eigenvalue weighted by atomic mass is 28.4. The normalized spacial score (nSPS) is 18.7. The van der Waals surface area contributed by atoms with Crippen LogP contribution < -0.4 is 0 Å². The van der Waals surface area contributed by atoms with E-state index in [9.17, 15) is 9.90 Å². The third-order valence-electron chi connectivity index (χ3n) is 5.79. The van der Waals surface area contributed by atoms with Crippen LogP contribution in [-0.4, -0.2) is 51.4 Å². The average Bonchev–Trinajstić information content (AvgIpc) is 2.55. The Bertz CT molecular complexity index is 504. The average molecular weight is 417 g/mol. The number of hydrogen-bond acceptors (Lipinski definition) is 5. The highest BCUT2D eigenvalue weighted by molar-refractivity contribution is 6.74. The molecule has 5 atom stereocenters. The lowest BCUT2D eigenvalue weighted by Gasteiger charge is -2.44. The van der Waals surface area contributed by atoms with E-state index in [0.29, 0.717) is 0 Å². The smallest absolute Gasteiger partial charge is 0.311 e. The summed E-state index contributed by atoms with van der Waals surface area (Å²) in [6.07, 6.45) is 0.0821. The molecule has 0 aliphatic carbocycles. The molecule has 0 bridgehead atoms. The first kappa shape index (κ1) is 27.3. The standard InChI is InChI=1S/C22H44O5Si/c1-13-17(25-10)18(23)16(3)19(27-28(11,12)22(7,8)9)15(2)14-26-20(24)21(4,5)6/h13,15-19,23H,1,14H2,2-12H3/t15-,16-,17+,18-,19-/m1/s1. The monoisotopic (exact) mass is 416 g/mol. The maximum absolute atomic E-state index is 12.2. The first-order chi connectivity index (χ1) is 12.5. The molecule has 0 saturated carbocycles. The van der Waals surface area contributed by atoms with Crippen LogP contribution in [0.3, 0.4) is 0 Å². The molecule has 0 unspecified atom stereocenters. The van der Waals surface area contributed by atoms with Gasteiger partial charge in [-0.2, -0.15) is 0 Å². The van der Waals surface area contributed by atoms with Crippen LogP contribution in [0.2, 0.25) is 18.1 Å². The SMILES string of the molecule is C=C[C@H](OC)[C@H](O)[C@@H](C)[C@H](O[Si](C)(C)C(C)(C)C)[C@H](C)COC(=O)C(C)(C)C. The Morgan fingerprint density at radius 1 is 1.14 bits per heavy atom. The molecular formula is C22H44O5Si. The lowest BCUT2D eigenvalue weighted by molar-refractivity contribution is -0.156. The van der Waals surface area contributed by atoms with Crippen LogP contribution in [-0.2, 0) is 18.7 Å². The summed E-state index contributed by atoms with van der Waals surface area (Å²) in [5.41, 5.74) is -0.551. The molecule has 0 heterocycles. The fourth-order valence-corrected chi connectivity index (χ4v) is 4.13. The van der Waals surface area contributed by atoms with E-state index in [-0.39, 0.29) is 35.6 Å². The second-order valence-corrected chi connectivity index (χ2v) is 15.2. The summed E-state index contributed by atoms with van der Waals surface area (Å²) in [4.78, 5) is 12.2. The van der Waals surface area contributed by atoms with E-state index in [4.69, 9.17) is 13.9 Å². The predicted octanol–water partition coefficient (Wildman–Crippen LogP) is 4.80. The number of carbonyl (C=O) groups excluding carboxylic acids is 1. The van der Waals surface area contributed by atoms with Crippen molar-refractivity contribution in [2.75, 3.05) is 13.7 Å². The van der Waals surface area contributed by atoms with Gasteiger partial charge in [0, 0.05) is 18.9 Å². The number of esters is 1. The zero-order valence-electron chi connectivity index (χ0n) is 20.0. The van der Waals surface area contributed by atoms with Gasteiger partial charge in [-0.3, -0.25) is 4.79 Å². The lowest BCUT2D eigenvalue weighted by atomic mass is 9.87. The maximum atomic E-state index is 12.2. The number of methoxy groups -OCH3 is 1. The van der Waals surface area contributed by atoms with Crippen LogP contribution in [0, 0.1) is 17.3 Å². The molecule has 166 valence electrons. The number of aliphatic hydroxyl groups is 1. The Hall–Kier alpha value is -0.693. The molecule has 28 heavy (non-hydrogen) atoms. The number of aliphatic hydroxyl groups excluding tert-OH is 1. The van der Waals surface area contributed by atoms with Gasteiger partial charge < -0.3 is 19.0 Å². The third kappa shape index (κ3) is 7.62. The Kier molecular flexibility index (Phi) is 10.1. The van der Waals surface area contributed by atoms with Crippen molar-refractivity contribution in [3.8, 4) is 0 Å². The molecule has 0 spiro atoms. The highest BCUT2D eigenvalue weighted by Gasteiger charge is 2.43. The predicted molar refractivity (Wildman–Crippen MR) is 118 cm³/mol. The molecule has 0 aliphatic rings. The van der Waals surface area contributed by atoms with Crippen molar-refractivity contribution in [3.63, 3.8) is 0 Å². The van der Waals surface area contributed by atoms with Gasteiger partial charge in [0.2, 0.25) is 0 Å². The Morgan fingerprint density at radius 3 is 2.00 bits per heavy atom. The molecular weight excluding hydrogens is 372 g/mol. The first-order valence-electron chi connectivity index (χ1n) is 10.2. The van der Waals surface area contributed by atoms with Crippen molar-refractivity contribution < 1.29 is 23.8 Å². The van der Waals surface area contributed by atoms with E-state index in [1.165, 1.54) is 0 Å². The molecule has 0 aliphatic heterocycles. The van der Waals surface area contributed by atoms with Crippen LogP contribution in [0.25, 0.3) is 0 Å². The van der Waals surface area contributed by atoms with Crippen molar-refractivity contribution in [2.45, 2.75) is 91.8 Å². The molecule has 0 amide bonds. The summed E-state index contributed by atoms with van der Waals surface area (Å²) in [6, 6.07) is 0. The summed E-state index contributed by atoms with van der Waals surface area (Å²) in [5, 5.41) is 10.9. The van der Waals surface area contributed by atoms with E-state index in [1.54, 1.807) is 13.2 Å². The molecule has 0 radical (unpaired) electrons. The van der Waals surface area contributed by atoms with Crippen LogP contribution in [0.4, 0.5) is 0 Å². The van der Waals surface area contributed by atoms with Crippen molar-refractivity contribution in [3.05, 3.63) is 12.7 Å². The molecule has 0 rings (SSSR count). The third-order valence-corrected chi connectivity index (χ3v) is 10.3. The van der Waals surface area contributed by atoms with Crippen molar-refractivity contribution in [2.24, 2.45) is 17.3 Å². The van der Waals surface area contributed by atoms with Crippen LogP contribution >= 0.6 is 0 Å². The number of hydrogen-bond donors (Lipinski definition) is 1. The molecule has 1 N–H and O–H groups in total. The van der Waals surface area contributed by atoms with Gasteiger partial charge in [-0.05, 0) is 38.9 Å². The van der Waals surface area contributed by atoms with Crippen LogP contribution in [0.5, 0.6) is 0 Å². The van der Waals surface area contributed by atoms with Crippen LogP contribution in [0.1, 0.15) is 55.4 Å². The second-order valence-electron chi connectivity index (χ2n) is 10.5. The van der Waals surface area contributed by atoms with Gasteiger partial charge in [0.25, 0.3) is 0 Å². The van der Waals surface area contributed by atoms with Gasteiger partial charge in [-0.25, -0.2) is 0 Å². The van der Waals surface area contributed by atoms with Gasteiger partial charge in [0.1, 0.15) is 6.10 Å². The number of rotatable bonds is 10. The Labute approximate surface area is 174 Å². The number of carbonyl (C=O) groups is 1. The first-order valence-corrected chi connectivity index (χ1v) is 13.1. The largest absolute Gasteiger partial charge is 0.465 e. The molecule has 0 aromatic heterocycles. The summed E-state index contributed by atoms with van der Waals surface area (Å²) in [6.45, 7) is 24.4. The molecule has 0 aromatic carbocycles. The topological polar surface area (TPSA) is 65.0 Å². The van der Waals surface area contributed by atoms with E-state index in [2.05, 4.69) is 40.4 Å². The van der Waals surface area contributed by atoms with E-state index in [0.717, 1.165) is 0 Å². The minimum Gasteiger partial charge on any atom is -0.465 e. The maximum Gasteiger partial charge on any atom is 0.311 e. The zero-order valence-corrected chi connectivity index (χ0v) is 21.0. The van der Waals surface area contributed by atoms with Gasteiger partial charge in [-0.15, -0.1) is 6.58 Å². The van der Waals surface area contributed by atoms with Crippen molar-refractivity contribution in [1.29, 1.82) is 0 Å². The highest BCUT2D eigenvalue weighted by Crippen LogP contribution is 2.40. The van der Waals surface area contributed by atoms with Gasteiger partial charge in [-0.1, -0.05) is 40.7 Å². The fraction of sp³-hybridized carbons (Fsp3) is 0.864. The Morgan fingerprint density at radius 2 is 1.64 bits per heavy atom. The van der Waals surface area contributed by atoms with Crippen LogP contribution in [0.15, 0.2) is 12.7 Å².